The Balaban J connectivity index is 1.58. The van der Waals surface area contributed by atoms with Crippen LogP contribution < -0.4 is 4.74 Å². The largest absolute Gasteiger partial charge is 0.460 e. The lowest BCUT2D eigenvalue weighted by atomic mass is 10.0. The van der Waals surface area contributed by atoms with E-state index in [2.05, 4.69) is 9.97 Å². The third-order valence-corrected chi connectivity index (χ3v) is 3.92. The maximum Gasteiger partial charge on any atom is 0.316 e. The van der Waals surface area contributed by atoms with E-state index in [0.717, 1.165) is 24.0 Å². The standard InChI is InChI=1S/C17H19N3O2/c1-13-5-2-3-6-15(13)16(21)20-11-7-14(8-12-20)22-17-18-9-4-10-19-17/h2-6,9-10,14H,7-8,11-12H2,1H3. The summed E-state index contributed by atoms with van der Waals surface area (Å²) in [5.74, 6) is 0.104. The van der Waals surface area contributed by atoms with Crippen molar-refractivity contribution in [3.8, 4) is 6.01 Å². The van der Waals surface area contributed by atoms with Gasteiger partial charge in [-0.2, -0.15) is 0 Å². The number of carbonyl (C=O) groups excluding carboxylic acids is 1. The lowest BCUT2D eigenvalue weighted by Crippen LogP contribution is -2.42. The Morgan fingerprint density at radius 3 is 2.50 bits per heavy atom. The molecule has 0 spiro atoms. The van der Waals surface area contributed by atoms with E-state index < -0.39 is 0 Å². The fourth-order valence-corrected chi connectivity index (χ4v) is 2.66. The fourth-order valence-electron chi connectivity index (χ4n) is 2.66. The van der Waals surface area contributed by atoms with Gasteiger partial charge >= 0.3 is 6.01 Å². The molecule has 0 radical (unpaired) electrons. The summed E-state index contributed by atoms with van der Waals surface area (Å²) in [6, 6.07) is 9.88. The first-order valence-electron chi connectivity index (χ1n) is 7.52. The Hall–Kier alpha value is -2.43. The number of likely N-dealkylation sites (tertiary alicyclic amines) is 1. The fraction of sp³-hybridized carbons (Fsp3) is 0.353. The highest BCUT2D eigenvalue weighted by atomic mass is 16.5. The van der Waals surface area contributed by atoms with Gasteiger partial charge in [-0.3, -0.25) is 4.79 Å². The van der Waals surface area contributed by atoms with Crippen LogP contribution in [0.15, 0.2) is 42.7 Å². The number of nitrogens with zero attached hydrogens (tertiary/aromatic N) is 3. The second-order valence-corrected chi connectivity index (χ2v) is 5.46. The number of piperidine rings is 1. The smallest absolute Gasteiger partial charge is 0.316 e. The molecule has 114 valence electrons. The van der Waals surface area contributed by atoms with Crippen LogP contribution in [0.25, 0.3) is 0 Å². The molecule has 5 nitrogen and oxygen atoms in total. The molecule has 5 heteroatoms. The number of amides is 1. The number of rotatable bonds is 3. The third kappa shape index (κ3) is 3.24. The molecule has 0 aliphatic carbocycles. The van der Waals surface area contributed by atoms with Crippen LogP contribution in [0.2, 0.25) is 0 Å². The number of aryl methyl sites for hydroxylation is 1. The van der Waals surface area contributed by atoms with E-state index in [9.17, 15) is 4.79 Å². The van der Waals surface area contributed by atoms with E-state index in [1.807, 2.05) is 36.1 Å². The van der Waals surface area contributed by atoms with Gasteiger partial charge in [0.15, 0.2) is 0 Å². The molecule has 1 amide bonds. The minimum absolute atomic E-state index is 0.0725. The maximum atomic E-state index is 12.5. The zero-order valence-corrected chi connectivity index (χ0v) is 12.6. The zero-order valence-electron chi connectivity index (χ0n) is 12.6. The molecule has 1 saturated heterocycles. The highest BCUT2D eigenvalue weighted by Gasteiger charge is 2.25. The molecule has 3 rings (SSSR count). The van der Waals surface area contributed by atoms with Crippen LogP contribution in [0.5, 0.6) is 6.01 Å². The van der Waals surface area contributed by atoms with E-state index in [0.29, 0.717) is 19.1 Å². The van der Waals surface area contributed by atoms with Crippen LogP contribution >= 0.6 is 0 Å². The molecule has 0 saturated carbocycles. The van der Waals surface area contributed by atoms with Gasteiger partial charge < -0.3 is 9.64 Å². The van der Waals surface area contributed by atoms with Crippen molar-refractivity contribution in [2.24, 2.45) is 0 Å². The number of hydrogen-bond donors (Lipinski definition) is 0. The van der Waals surface area contributed by atoms with Gasteiger partial charge in [-0.15, -0.1) is 0 Å². The number of hydrogen-bond acceptors (Lipinski definition) is 4. The average Bonchev–Trinajstić information content (AvgIpc) is 2.56. The van der Waals surface area contributed by atoms with E-state index in [4.69, 9.17) is 4.74 Å². The highest BCUT2D eigenvalue weighted by molar-refractivity contribution is 5.95. The molecule has 1 fully saturated rings. The Morgan fingerprint density at radius 2 is 1.82 bits per heavy atom. The van der Waals surface area contributed by atoms with Gasteiger partial charge in [0.25, 0.3) is 5.91 Å². The first-order chi connectivity index (χ1) is 10.7. The lowest BCUT2D eigenvalue weighted by molar-refractivity contribution is 0.0578. The van der Waals surface area contributed by atoms with Crippen LogP contribution in [0, 0.1) is 6.92 Å². The van der Waals surface area contributed by atoms with Gasteiger partial charge in [-0.25, -0.2) is 9.97 Å². The summed E-state index contributed by atoms with van der Waals surface area (Å²) in [6.45, 7) is 3.37. The van der Waals surface area contributed by atoms with E-state index >= 15 is 0 Å². The summed E-state index contributed by atoms with van der Waals surface area (Å²) in [7, 11) is 0. The average molecular weight is 297 g/mol. The molecule has 1 aromatic carbocycles. The Kier molecular flexibility index (Phi) is 4.32. The molecule has 0 unspecified atom stereocenters. The Bertz CT molecular complexity index is 637. The summed E-state index contributed by atoms with van der Waals surface area (Å²) in [5.41, 5.74) is 1.80. The summed E-state index contributed by atoms with van der Waals surface area (Å²) in [5, 5.41) is 0. The van der Waals surface area contributed by atoms with E-state index in [-0.39, 0.29) is 12.0 Å². The number of aromatic nitrogens is 2. The minimum Gasteiger partial charge on any atom is -0.460 e. The third-order valence-electron chi connectivity index (χ3n) is 3.92. The molecule has 1 aliphatic rings. The van der Waals surface area contributed by atoms with E-state index in [1.54, 1.807) is 18.5 Å². The molecule has 2 heterocycles. The first-order valence-corrected chi connectivity index (χ1v) is 7.52. The molecule has 0 N–H and O–H groups in total. The molecule has 0 bridgehead atoms. The van der Waals surface area contributed by atoms with Gasteiger partial charge in [-0.05, 0) is 24.6 Å². The number of ether oxygens (including phenoxy) is 1. The van der Waals surface area contributed by atoms with Crippen molar-refractivity contribution in [1.82, 2.24) is 14.9 Å². The topological polar surface area (TPSA) is 55.3 Å². The first kappa shape index (κ1) is 14.5. The normalized spacial score (nSPS) is 15.6. The number of carbonyl (C=O) groups is 1. The number of benzene rings is 1. The molecule has 1 aromatic heterocycles. The van der Waals surface area contributed by atoms with Gasteiger partial charge in [0.1, 0.15) is 6.10 Å². The molecular weight excluding hydrogens is 278 g/mol. The van der Waals surface area contributed by atoms with Crippen molar-refractivity contribution in [3.63, 3.8) is 0 Å². The van der Waals surface area contributed by atoms with Gasteiger partial charge in [0, 0.05) is 43.9 Å². The summed E-state index contributed by atoms with van der Waals surface area (Å²) in [6.07, 6.45) is 5.01. The predicted octanol–water partition coefficient (Wildman–Crippen LogP) is 2.47. The van der Waals surface area contributed by atoms with Crippen LogP contribution in [-0.2, 0) is 0 Å². The maximum absolute atomic E-state index is 12.5. The quantitative estimate of drug-likeness (QED) is 0.873. The lowest BCUT2D eigenvalue weighted by Gasteiger charge is -2.32. The van der Waals surface area contributed by atoms with Crippen LogP contribution in [0.3, 0.4) is 0 Å². The summed E-state index contributed by atoms with van der Waals surface area (Å²) < 4.78 is 5.75. The van der Waals surface area contributed by atoms with Gasteiger partial charge in [0.05, 0.1) is 0 Å². The highest BCUT2D eigenvalue weighted by Crippen LogP contribution is 2.18. The van der Waals surface area contributed by atoms with Crippen molar-refractivity contribution in [1.29, 1.82) is 0 Å². The van der Waals surface area contributed by atoms with Gasteiger partial charge in [0.2, 0.25) is 0 Å². The molecule has 22 heavy (non-hydrogen) atoms. The van der Waals surface area contributed by atoms with Crippen molar-refractivity contribution in [3.05, 3.63) is 53.9 Å². The summed E-state index contributed by atoms with van der Waals surface area (Å²) in [4.78, 5) is 22.6. The van der Waals surface area contributed by atoms with Gasteiger partial charge in [-0.1, -0.05) is 18.2 Å². The zero-order chi connectivity index (χ0) is 15.4. The molecule has 2 aromatic rings. The molecule has 0 atom stereocenters. The second-order valence-electron chi connectivity index (χ2n) is 5.46. The van der Waals surface area contributed by atoms with Crippen LogP contribution in [0.4, 0.5) is 0 Å². The minimum atomic E-state index is 0.0725. The van der Waals surface area contributed by atoms with E-state index in [1.165, 1.54) is 0 Å². The van der Waals surface area contributed by atoms with Crippen LogP contribution in [0.1, 0.15) is 28.8 Å². The molecule has 1 aliphatic heterocycles. The van der Waals surface area contributed by atoms with Crippen molar-refractivity contribution < 1.29 is 9.53 Å². The SMILES string of the molecule is Cc1ccccc1C(=O)N1CCC(Oc2ncccn2)CC1. The van der Waals surface area contributed by atoms with Crippen molar-refractivity contribution in [2.75, 3.05) is 13.1 Å². The molecular formula is C17H19N3O2. The van der Waals surface area contributed by atoms with Crippen molar-refractivity contribution >= 4 is 5.91 Å². The van der Waals surface area contributed by atoms with Crippen LogP contribution in [-0.4, -0.2) is 40.0 Å². The Labute approximate surface area is 130 Å². The van der Waals surface area contributed by atoms with Crippen molar-refractivity contribution in [2.45, 2.75) is 25.9 Å². The predicted molar refractivity (Wildman–Crippen MR) is 82.8 cm³/mol. The monoisotopic (exact) mass is 297 g/mol. The summed E-state index contributed by atoms with van der Waals surface area (Å²) >= 11 is 0. The second kappa shape index (κ2) is 6.56. The Morgan fingerprint density at radius 1 is 1.14 bits per heavy atom.